The monoisotopic (exact) mass is 504 g/mol. The van der Waals surface area contributed by atoms with Gasteiger partial charge < -0.3 is 10.6 Å². The van der Waals surface area contributed by atoms with Gasteiger partial charge in [0.15, 0.2) is 0 Å². The number of carbonyl (C=O) groups is 2. The van der Waals surface area contributed by atoms with Crippen LogP contribution in [0.4, 0.5) is 15.8 Å². The van der Waals surface area contributed by atoms with Crippen LogP contribution >= 0.6 is 23.4 Å². The summed E-state index contributed by atoms with van der Waals surface area (Å²) in [5.41, 5.74) is 2.38. The van der Waals surface area contributed by atoms with Crippen molar-refractivity contribution in [3.05, 3.63) is 125 Å². The molecule has 2 N–H and O–H groups in total. The zero-order chi connectivity index (χ0) is 24.6. The van der Waals surface area contributed by atoms with Crippen molar-refractivity contribution in [1.82, 2.24) is 0 Å². The van der Waals surface area contributed by atoms with E-state index in [1.165, 1.54) is 23.9 Å². The highest BCUT2D eigenvalue weighted by Crippen LogP contribution is 2.37. The van der Waals surface area contributed by atoms with Crippen molar-refractivity contribution in [1.29, 1.82) is 0 Å². The lowest BCUT2D eigenvalue weighted by molar-refractivity contribution is -0.116. The molecule has 0 fully saturated rings. The van der Waals surface area contributed by atoms with Gasteiger partial charge in [0.1, 0.15) is 11.1 Å². The predicted molar refractivity (Wildman–Crippen MR) is 140 cm³/mol. The number of thioether (sulfide) groups is 1. The lowest BCUT2D eigenvalue weighted by atomic mass is 10.1. The Labute approximate surface area is 212 Å². The molecule has 4 nitrogen and oxygen atoms in total. The fourth-order valence-corrected chi connectivity index (χ4v) is 4.65. The Balaban J connectivity index is 1.49. The summed E-state index contributed by atoms with van der Waals surface area (Å²) >= 11 is 7.23. The topological polar surface area (TPSA) is 58.2 Å². The first-order valence-electron chi connectivity index (χ1n) is 10.9. The molecule has 7 heteroatoms. The average Bonchev–Trinajstić information content (AvgIpc) is 2.86. The van der Waals surface area contributed by atoms with E-state index in [-0.39, 0.29) is 23.9 Å². The summed E-state index contributed by atoms with van der Waals surface area (Å²) < 4.78 is 14.1. The van der Waals surface area contributed by atoms with Crippen LogP contribution < -0.4 is 10.6 Å². The Morgan fingerprint density at radius 3 is 2.29 bits per heavy atom. The minimum Gasteiger partial charge on any atom is -0.326 e. The minimum atomic E-state index is -0.629. The Hall–Kier alpha value is -3.61. The third-order valence-corrected chi connectivity index (χ3v) is 6.62. The molecule has 4 aromatic rings. The number of para-hydroxylation sites is 1. The van der Waals surface area contributed by atoms with E-state index in [9.17, 15) is 14.0 Å². The van der Waals surface area contributed by atoms with Gasteiger partial charge >= 0.3 is 0 Å². The molecule has 2 amide bonds. The average molecular weight is 505 g/mol. The molecule has 4 rings (SSSR count). The quantitative estimate of drug-likeness (QED) is 0.251. The van der Waals surface area contributed by atoms with Gasteiger partial charge in [0.2, 0.25) is 11.8 Å². The number of carbonyl (C=O) groups excluding carboxylic acids is 2. The van der Waals surface area contributed by atoms with Crippen LogP contribution in [0.3, 0.4) is 0 Å². The summed E-state index contributed by atoms with van der Waals surface area (Å²) in [6.45, 7) is 0. The van der Waals surface area contributed by atoms with Gasteiger partial charge in [0.05, 0.1) is 12.1 Å². The standard InChI is InChI=1S/C28H22ClFN2O2S/c29-21-15-13-19(14-16-21)17-26(33)31-22-9-6-10-23(18-22)35-27(20-7-2-1-3-8-20)28(34)32-25-12-5-4-11-24(25)30/h1-16,18,27H,17H2,(H,31,33)(H,32,34). The Morgan fingerprint density at radius 2 is 1.54 bits per heavy atom. The van der Waals surface area contributed by atoms with Crippen LogP contribution in [0.15, 0.2) is 108 Å². The number of hydrogen-bond acceptors (Lipinski definition) is 3. The third-order valence-electron chi connectivity index (χ3n) is 5.12. The zero-order valence-corrected chi connectivity index (χ0v) is 20.2. The Kier molecular flexibility index (Phi) is 8.19. The summed E-state index contributed by atoms with van der Waals surface area (Å²) in [6.07, 6.45) is 0.215. The summed E-state index contributed by atoms with van der Waals surface area (Å²) in [5.74, 6) is -1.00. The number of hydrogen-bond donors (Lipinski definition) is 2. The molecular formula is C28H22ClFN2O2S. The van der Waals surface area contributed by atoms with Crippen molar-refractivity contribution >= 4 is 46.6 Å². The molecule has 4 aromatic carbocycles. The zero-order valence-electron chi connectivity index (χ0n) is 18.6. The summed E-state index contributed by atoms with van der Waals surface area (Å²) in [5, 5.41) is 5.58. The second-order valence-electron chi connectivity index (χ2n) is 7.76. The first-order chi connectivity index (χ1) is 17.0. The predicted octanol–water partition coefficient (Wildman–Crippen LogP) is 7.13. The number of rotatable bonds is 8. The van der Waals surface area contributed by atoms with E-state index in [1.807, 2.05) is 60.7 Å². The number of amides is 2. The number of anilines is 2. The number of nitrogens with one attached hydrogen (secondary N) is 2. The molecule has 35 heavy (non-hydrogen) atoms. The van der Waals surface area contributed by atoms with Crippen LogP contribution in [0.1, 0.15) is 16.4 Å². The molecule has 0 radical (unpaired) electrons. The summed E-state index contributed by atoms with van der Waals surface area (Å²) in [7, 11) is 0. The van der Waals surface area contributed by atoms with E-state index in [1.54, 1.807) is 30.3 Å². The molecule has 0 aliphatic heterocycles. The van der Waals surface area contributed by atoms with Crippen LogP contribution in [0.2, 0.25) is 5.02 Å². The molecule has 0 bridgehead atoms. The lowest BCUT2D eigenvalue weighted by Gasteiger charge is -2.18. The summed E-state index contributed by atoms with van der Waals surface area (Å²) in [6, 6.07) is 29.8. The Bertz CT molecular complexity index is 1320. The smallest absolute Gasteiger partial charge is 0.242 e. The van der Waals surface area contributed by atoms with Crippen LogP contribution in [0.25, 0.3) is 0 Å². The minimum absolute atomic E-state index is 0.127. The highest BCUT2D eigenvalue weighted by Gasteiger charge is 2.23. The van der Waals surface area contributed by atoms with Crippen molar-refractivity contribution in [2.75, 3.05) is 10.6 Å². The second-order valence-corrected chi connectivity index (χ2v) is 9.37. The summed E-state index contributed by atoms with van der Waals surface area (Å²) in [4.78, 5) is 26.5. The van der Waals surface area contributed by atoms with Gasteiger partial charge in [-0.1, -0.05) is 72.3 Å². The highest BCUT2D eigenvalue weighted by molar-refractivity contribution is 8.00. The molecule has 0 saturated carbocycles. The first-order valence-corrected chi connectivity index (χ1v) is 12.1. The number of benzene rings is 4. The van der Waals surface area contributed by atoms with Crippen LogP contribution in [0.5, 0.6) is 0 Å². The van der Waals surface area contributed by atoms with E-state index in [0.717, 1.165) is 16.0 Å². The van der Waals surface area contributed by atoms with E-state index < -0.39 is 11.1 Å². The molecule has 0 aliphatic rings. The second kappa shape index (κ2) is 11.7. The van der Waals surface area contributed by atoms with Crippen LogP contribution in [0, 0.1) is 5.82 Å². The molecule has 0 aliphatic carbocycles. The molecule has 176 valence electrons. The van der Waals surface area contributed by atoms with Gasteiger partial charge in [-0.3, -0.25) is 9.59 Å². The molecule has 0 heterocycles. The fraction of sp³-hybridized carbons (Fsp3) is 0.0714. The van der Waals surface area contributed by atoms with Crippen LogP contribution in [-0.4, -0.2) is 11.8 Å². The van der Waals surface area contributed by atoms with Gasteiger partial charge in [-0.15, -0.1) is 11.8 Å². The number of halogens is 2. The van der Waals surface area contributed by atoms with Gasteiger partial charge in [0.25, 0.3) is 0 Å². The maximum absolute atomic E-state index is 14.1. The van der Waals surface area contributed by atoms with Crippen molar-refractivity contribution in [2.24, 2.45) is 0 Å². The molecule has 0 spiro atoms. The maximum atomic E-state index is 14.1. The largest absolute Gasteiger partial charge is 0.326 e. The molecule has 1 atom stereocenters. The van der Waals surface area contributed by atoms with E-state index in [2.05, 4.69) is 10.6 Å². The van der Waals surface area contributed by atoms with Gasteiger partial charge in [-0.2, -0.15) is 0 Å². The fourth-order valence-electron chi connectivity index (χ4n) is 3.44. The van der Waals surface area contributed by atoms with Crippen molar-refractivity contribution in [3.8, 4) is 0 Å². The molecular weight excluding hydrogens is 483 g/mol. The van der Waals surface area contributed by atoms with Gasteiger partial charge in [-0.25, -0.2) is 4.39 Å². The molecule has 1 unspecified atom stereocenters. The van der Waals surface area contributed by atoms with Crippen molar-refractivity contribution < 1.29 is 14.0 Å². The molecule has 0 saturated heterocycles. The van der Waals surface area contributed by atoms with E-state index >= 15 is 0 Å². The SMILES string of the molecule is O=C(Cc1ccc(Cl)cc1)Nc1cccc(SC(C(=O)Nc2ccccc2F)c2ccccc2)c1. The van der Waals surface area contributed by atoms with Gasteiger partial charge in [0, 0.05) is 15.6 Å². The maximum Gasteiger partial charge on any atom is 0.242 e. The normalized spacial score (nSPS) is 11.5. The van der Waals surface area contributed by atoms with Crippen molar-refractivity contribution in [3.63, 3.8) is 0 Å². The van der Waals surface area contributed by atoms with Gasteiger partial charge in [-0.05, 0) is 53.6 Å². The molecule has 0 aromatic heterocycles. The Morgan fingerprint density at radius 1 is 0.829 bits per heavy atom. The lowest BCUT2D eigenvalue weighted by Crippen LogP contribution is -2.19. The van der Waals surface area contributed by atoms with Crippen LogP contribution in [-0.2, 0) is 16.0 Å². The highest BCUT2D eigenvalue weighted by atomic mass is 35.5. The van der Waals surface area contributed by atoms with E-state index in [0.29, 0.717) is 10.7 Å². The van der Waals surface area contributed by atoms with E-state index in [4.69, 9.17) is 11.6 Å². The van der Waals surface area contributed by atoms with Crippen molar-refractivity contribution in [2.45, 2.75) is 16.6 Å². The third kappa shape index (κ3) is 6.94. The first kappa shape index (κ1) is 24.5.